The highest BCUT2D eigenvalue weighted by molar-refractivity contribution is 7.99. The molecule has 1 amide bonds. The normalized spacial score (nSPS) is 16.6. The lowest BCUT2D eigenvalue weighted by atomic mass is 10.1. The maximum Gasteiger partial charge on any atom is 0.230 e. The van der Waals surface area contributed by atoms with Gasteiger partial charge in [0.25, 0.3) is 0 Å². The van der Waals surface area contributed by atoms with Crippen molar-refractivity contribution in [2.24, 2.45) is 7.05 Å². The molecule has 33 heavy (non-hydrogen) atoms. The van der Waals surface area contributed by atoms with Crippen LogP contribution in [0.25, 0.3) is 11.4 Å². The predicted molar refractivity (Wildman–Crippen MR) is 125 cm³/mol. The smallest absolute Gasteiger partial charge is 0.230 e. The quantitative estimate of drug-likeness (QED) is 0.557. The molecule has 3 heterocycles. The molecule has 1 aromatic heterocycles. The van der Waals surface area contributed by atoms with Crippen molar-refractivity contribution < 1.29 is 19.0 Å². The molecule has 1 unspecified atom stereocenters. The number of carbonyl (C=O) groups is 1. The van der Waals surface area contributed by atoms with Crippen LogP contribution in [0.5, 0.6) is 17.2 Å². The molecule has 3 aromatic rings. The van der Waals surface area contributed by atoms with E-state index in [0.717, 1.165) is 35.5 Å². The fourth-order valence-electron chi connectivity index (χ4n) is 3.96. The van der Waals surface area contributed by atoms with Crippen LogP contribution >= 0.6 is 11.8 Å². The zero-order valence-electron chi connectivity index (χ0n) is 18.7. The Morgan fingerprint density at radius 3 is 2.82 bits per heavy atom. The Balaban J connectivity index is 1.18. The van der Waals surface area contributed by atoms with Crippen LogP contribution in [0.3, 0.4) is 0 Å². The van der Waals surface area contributed by atoms with E-state index in [-0.39, 0.29) is 17.8 Å². The van der Waals surface area contributed by atoms with Crippen molar-refractivity contribution in [2.75, 3.05) is 19.0 Å². The Labute approximate surface area is 196 Å². The lowest BCUT2D eigenvalue weighted by Crippen LogP contribution is -2.24. The van der Waals surface area contributed by atoms with E-state index < -0.39 is 0 Å². The number of thioether (sulfide) groups is 1. The van der Waals surface area contributed by atoms with Gasteiger partial charge in [-0.3, -0.25) is 4.79 Å². The molecule has 8 nitrogen and oxygen atoms in total. The third-order valence-corrected chi connectivity index (χ3v) is 6.64. The number of amides is 1. The van der Waals surface area contributed by atoms with Gasteiger partial charge in [-0.15, -0.1) is 10.2 Å². The molecule has 0 saturated heterocycles. The molecular formula is C24H26N4O4S. The summed E-state index contributed by atoms with van der Waals surface area (Å²) >= 11 is 1.36. The van der Waals surface area contributed by atoms with Crippen molar-refractivity contribution in [2.45, 2.75) is 37.6 Å². The third-order valence-electron chi connectivity index (χ3n) is 5.62. The van der Waals surface area contributed by atoms with Crippen LogP contribution in [0, 0.1) is 0 Å². The summed E-state index contributed by atoms with van der Waals surface area (Å²) in [6.45, 7) is 3.83. The van der Waals surface area contributed by atoms with Crippen molar-refractivity contribution in [3.05, 3.63) is 47.5 Å². The van der Waals surface area contributed by atoms with Crippen LogP contribution in [0.2, 0.25) is 0 Å². The largest absolute Gasteiger partial charge is 0.490 e. The maximum absolute atomic E-state index is 12.4. The van der Waals surface area contributed by atoms with Gasteiger partial charge in [-0.05, 0) is 42.3 Å². The minimum absolute atomic E-state index is 0.0507. The second-order valence-corrected chi connectivity index (χ2v) is 9.16. The highest BCUT2D eigenvalue weighted by Gasteiger charge is 2.19. The summed E-state index contributed by atoms with van der Waals surface area (Å²) in [5.74, 6) is 3.33. The van der Waals surface area contributed by atoms with E-state index in [9.17, 15) is 4.79 Å². The summed E-state index contributed by atoms with van der Waals surface area (Å²) < 4.78 is 19.1. The van der Waals surface area contributed by atoms with E-state index in [0.29, 0.717) is 36.5 Å². The number of ether oxygens (including phenoxy) is 3. The summed E-state index contributed by atoms with van der Waals surface area (Å²) in [7, 11) is 1.90. The molecular weight excluding hydrogens is 440 g/mol. The van der Waals surface area contributed by atoms with Gasteiger partial charge in [0.2, 0.25) is 5.91 Å². The number of nitrogens with one attached hydrogen (secondary N) is 1. The van der Waals surface area contributed by atoms with Gasteiger partial charge < -0.3 is 24.1 Å². The van der Waals surface area contributed by atoms with Gasteiger partial charge in [-0.2, -0.15) is 0 Å². The van der Waals surface area contributed by atoms with Crippen molar-refractivity contribution >= 4 is 17.7 Å². The first-order chi connectivity index (χ1) is 16.1. The molecule has 0 spiro atoms. The zero-order valence-corrected chi connectivity index (χ0v) is 19.5. The van der Waals surface area contributed by atoms with Crippen molar-refractivity contribution in [3.8, 4) is 28.6 Å². The summed E-state index contributed by atoms with van der Waals surface area (Å²) in [5, 5.41) is 12.2. The Hall–Kier alpha value is -3.20. The summed E-state index contributed by atoms with van der Waals surface area (Å²) in [6, 6.07) is 11.9. The molecule has 172 valence electrons. The van der Waals surface area contributed by atoms with Gasteiger partial charge in [0.1, 0.15) is 11.9 Å². The number of carbonyl (C=O) groups excluding carboxylic acids is 1. The second-order valence-electron chi connectivity index (χ2n) is 8.22. The van der Waals surface area contributed by atoms with E-state index in [4.69, 9.17) is 14.2 Å². The fraction of sp³-hybridized carbons (Fsp3) is 0.375. The summed E-state index contributed by atoms with van der Waals surface area (Å²) in [4.78, 5) is 12.4. The summed E-state index contributed by atoms with van der Waals surface area (Å²) in [6.07, 6.45) is 1.98. The molecule has 5 rings (SSSR count). The highest BCUT2D eigenvalue weighted by atomic mass is 32.2. The lowest BCUT2D eigenvalue weighted by Gasteiger charge is -2.09. The standard InChI is InChI=1S/C24H26N4O4S/c1-15-10-18-11-16(4-6-19(18)32-15)13-25-22(29)14-33-24-27-26-23(28(24)2)17-5-7-20-21(12-17)31-9-3-8-30-20/h4-7,11-12,15H,3,8-10,13-14H2,1-2H3,(H,25,29). The van der Waals surface area contributed by atoms with Crippen LogP contribution < -0.4 is 19.5 Å². The molecule has 9 heteroatoms. The van der Waals surface area contributed by atoms with E-state index in [1.54, 1.807) is 0 Å². The monoisotopic (exact) mass is 466 g/mol. The Morgan fingerprint density at radius 2 is 1.94 bits per heavy atom. The number of benzene rings is 2. The van der Waals surface area contributed by atoms with Gasteiger partial charge in [0.15, 0.2) is 22.5 Å². The molecule has 0 radical (unpaired) electrons. The Kier molecular flexibility index (Phi) is 6.13. The maximum atomic E-state index is 12.4. The average Bonchev–Trinajstić information content (AvgIpc) is 3.27. The first-order valence-corrected chi connectivity index (χ1v) is 12.0. The number of nitrogens with zero attached hydrogens (tertiary/aromatic N) is 3. The molecule has 2 aliphatic heterocycles. The van der Waals surface area contributed by atoms with E-state index >= 15 is 0 Å². The van der Waals surface area contributed by atoms with Crippen molar-refractivity contribution in [1.29, 1.82) is 0 Å². The number of rotatable bonds is 6. The molecule has 1 atom stereocenters. The fourth-order valence-corrected chi connectivity index (χ4v) is 4.70. The third kappa shape index (κ3) is 4.78. The van der Waals surface area contributed by atoms with Gasteiger partial charge >= 0.3 is 0 Å². The zero-order chi connectivity index (χ0) is 22.8. The summed E-state index contributed by atoms with van der Waals surface area (Å²) in [5.41, 5.74) is 3.16. The van der Waals surface area contributed by atoms with E-state index in [1.165, 1.54) is 17.3 Å². The van der Waals surface area contributed by atoms with Crippen molar-refractivity contribution in [1.82, 2.24) is 20.1 Å². The van der Waals surface area contributed by atoms with E-state index in [1.807, 2.05) is 41.9 Å². The molecule has 0 fully saturated rings. The Morgan fingerprint density at radius 1 is 1.12 bits per heavy atom. The Bertz CT molecular complexity index is 1180. The van der Waals surface area contributed by atoms with Crippen LogP contribution in [-0.4, -0.2) is 45.7 Å². The molecule has 0 aliphatic carbocycles. The van der Waals surface area contributed by atoms with Crippen LogP contribution in [0.1, 0.15) is 24.5 Å². The van der Waals surface area contributed by atoms with Gasteiger partial charge in [-0.1, -0.05) is 23.9 Å². The molecule has 1 N–H and O–H groups in total. The molecule has 0 bridgehead atoms. The van der Waals surface area contributed by atoms with E-state index in [2.05, 4.69) is 28.5 Å². The van der Waals surface area contributed by atoms with Crippen LogP contribution in [-0.2, 0) is 24.8 Å². The first-order valence-electron chi connectivity index (χ1n) is 11.0. The highest BCUT2D eigenvalue weighted by Crippen LogP contribution is 2.34. The number of hydrogen-bond donors (Lipinski definition) is 1. The number of fused-ring (bicyclic) bond motifs is 2. The van der Waals surface area contributed by atoms with Crippen molar-refractivity contribution in [3.63, 3.8) is 0 Å². The van der Waals surface area contributed by atoms with Gasteiger partial charge in [0.05, 0.1) is 19.0 Å². The molecule has 0 saturated carbocycles. The SMILES string of the molecule is CC1Cc2cc(CNC(=O)CSc3nnc(-c4ccc5c(c4)OCCCO5)n3C)ccc2O1. The number of aromatic nitrogens is 3. The van der Waals surface area contributed by atoms with Gasteiger partial charge in [-0.25, -0.2) is 0 Å². The van der Waals surface area contributed by atoms with Crippen LogP contribution in [0.4, 0.5) is 0 Å². The predicted octanol–water partition coefficient (Wildman–Crippen LogP) is 3.38. The second kappa shape index (κ2) is 9.35. The first kappa shape index (κ1) is 21.6. The average molecular weight is 467 g/mol. The lowest BCUT2D eigenvalue weighted by molar-refractivity contribution is -0.118. The van der Waals surface area contributed by atoms with Crippen LogP contribution in [0.15, 0.2) is 41.6 Å². The molecule has 2 aromatic carbocycles. The van der Waals surface area contributed by atoms with Gasteiger partial charge in [0, 0.05) is 32.0 Å². The minimum Gasteiger partial charge on any atom is -0.490 e. The topological polar surface area (TPSA) is 87.5 Å². The molecule has 2 aliphatic rings. The minimum atomic E-state index is -0.0507. The number of hydrogen-bond acceptors (Lipinski definition) is 7.